The average molecular weight is 282 g/mol. The second kappa shape index (κ2) is 4.67. The SMILES string of the molecule is O=C(N1CC2COCC(C1)N2CC1CC1)C1(F)CCC1. The van der Waals surface area contributed by atoms with E-state index in [9.17, 15) is 9.18 Å². The van der Waals surface area contributed by atoms with Crippen LogP contribution in [0.4, 0.5) is 4.39 Å². The summed E-state index contributed by atoms with van der Waals surface area (Å²) in [6.07, 6.45) is 4.36. The highest BCUT2D eigenvalue weighted by atomic mass is 19.1. The van der Waals surface area contributed by atoms with Crippen LogP contribution in [-0.4, -0.2) is 66.3 Å². The van der Waals surface area contributed by atoms with E-state index < -0.39 is 5.67 Å². The molecule has 1 amide bonds. The first-order chi connectivity index (χ1) is 9.66. The van der Waals surface area contributed by atoms with E-state index in [1.165, 1.54) is 12.8 Å². The number of fused-ring (bicyclic) bond motifs is 2. The highest BCUT2D eigenvalue weighted by molar-refractivity contribution is 5.86. The van der Waals surface area contributed by atoms with Crippen molar-refractivity contribution in [3.05, 3.63) is 0 Å². The van der Waals surface area contributed by atoms with Gasteiger partial charge in [0.1, 0.15) is 0 Å². The van der Waals surface area contributed by atoms with Crippen molar-refractivity contribution in [1.29, 1.82) is 0 Å². The van der Waals surface area contributed by atoms with E-state index >= 15 is 0 Å². The molecule has 2 unspecified atom stereocenters. The number of carbonyl (C=O) groups is 1. The molecule has 0 aromatic rings. The van der Waals surface area contributed by atoms with Crippen LogP contribution in [0.5, 0.6) is 0 Å². The fraction of sp³-hybridized carbons (Fsp3) is 0.933. The van der Waals surface area contributed by atoms with E-state index in [1.54, 1.807) is 4.90 Å². The molecule has 0 N–H and O–H groups in total. The lowest BCUT2D eigenvalue weighted by atomic mass is 9.80. The zero-order valence-corrected chi connectivity index (χ0v) is 11.9. The Labute approximate surface area is 119 Å². The van der Waals surface area contributed by atoms with Crippen molar-refractivity contribution < 1.29 is 13.9 Å². The maximum absolute atomic E-state index is 14.3. The molecule has 112 valence electrons. The summed E-state index contributed by atoms with van der Waals surface area (Å²) in [6, 6.07) is 0.548. The lowest BCUT2D eigenvalue weighted by molar-refractivity contribution is -0.162. The highest BCUT2D eigenvalue weighted by Gasteiger charge is 2.50. The van der Waals surface area contributed by atoms with Crippen LogP contribution in [0.2, 0.25) is 0 Å². The fourth-order valence-corrected chi connectivity index (χ4v) is 3.78. The van der Waals surface area contributed by atoms with Gasteiger partial charge < -0.3 is 9.64 Å². The summed E-state index contributed by atoms with van der Waals surface area (Å²) in [5, 5.41) is 0. The predicted molar refractivity (Wildman–Crippen MR) is 72.1 cm³/mol. The molecule has 0 aromatic carbocycles. The Hall–Kier alpha value is -0.680. The molecule has 20 heavy (non-hydrogen) atoms. The van der Waals surface area contributed by atoms with Gasteiger partial charge in [0.05, 0.1) is 25.3 Å². The second-order valence-corrected chi connectivity index (χ2v) is 7.01. The van der Waals surface area contributed by atoms with Crippen LogP contribution in [0.1, 0.15) is 32.1 Å². The first kappa shape index (κ1) is 13.0. The lowest BCUT2D eigenvalue weighted by Crippen LogP contribution is -2.67. The van der Waals surface area contributed by atoms with Crippen molar-refractivity contribution in [2.45, 2.75) is 49.9 Å². The third kappa shape index (κ3) is 2.15. The van der Waals surface area contributed by atoms with Crippen LogP contribution < -0.4 is 0 Å². The second-order valence-electron chi connectivity index (χ2n) is 7.01. The molecule has 0 radical (unpaired) electrons. The first-order valence-electron chi connectivity index (χ1n) is 7.97. The number of rotatable bonds is 3. The van der Waals surface area contributed by atoms with Crippen LogP contribution in [0.25, 0.3) is 0 Å². The summed E-state index contributed by atoms with van der Waals surface area (Å²) < 4.78 is 20.0. The number of morpholine rings is 1. The summed E-state index contributed by atoms with van der Waals surface area (Å²) in [5.74, 6) is 0.589. The molecule has 2 aliphatic carbocycles. The number of piperazine rings is 1. The van der Waals surface area contributed by atoms with Gasteiger partial charge in [-0.2, -0.15) is 0 Å². The van der Waals surface area contributed by atoms with Crippen LogP contribution in [0.3, 0.4) is 0 Å². The summed E-state index contributed by atoms with van der Waals surface area (Å²) >= 11 is 0. The molecule has 2 atom stereocenters. The quantitative estimate of drug-likeness (QED) is 0.780. The summed E-state index contributed by atoms with van der Waals surface area (Å²) in [5.41, 5.74) is -1.55. The van der Waals surface area contributed by atoms with Gasteiger partial charge >= 0.3 is 0 Å². The minimum Gasteiger partial charge on any atom is -0.378 e. The number of hydrogen-bond donors (Lipinski definition) is 0. The molecule has 2 aliphatic heterocycles. The zero-order chi connectivity index (χ0) is 13.7. The van der Waals surface area contributed by atoms with Crippen LogP contribution >= 0.6 is 0 Å². The van der Waals surface area contributed by atoms with Crippen LogP contribution in [0, 0.1) is 5.92 Å². The molecule has 0 spiro atoms. The molecule has 2 heterocycles. The zero-order valence-electron chi connectivity index (χ0n) is 11.9. The summed E-state index contributed by atoms with van der Waals surface area (Å²) in [4.78, 5) is 16.7. The Morgan fingerprint density at radius 3 is 2.35 bits per heavy atom. The molecule has 2 saturated heterocycles. The average Bonchev–Trinajstić information content (AvgIpc) is 3.18. The number of amides is 1. The Kier molecular flexibility index (Phi) is 3.04. The number of nitrogens with zero attached hydrogens (tertiary/aromatic N) is 2. The normalized spacial score (nSPS) is 36.5. The molecule has 2 bridgehead atoms. The molecule has 0 aromatic heterocycles. The number of carbonyl (C=O) groups excluding carboxylic acids is 1. The van der Waals surface area contributed by atoms with Crippen molar-refractivity contribution in [2.75, 3.05) is 32.8 Å². The molecule has 2 saturated carbocycles. The minimum absolute atomic E-state index is 0.258. The van der Waals surface area contributed by atoms with Crippen molar-refractivity contribution in [3.63, 3.8) is 0 Å². The van der Waals surface area contributed by atoms with E-state index in [-0.39, 0.29) is 18.0 Å². The van der Waals surface area contributed by atoms with Gasteiger partial charge in [-0.15, -0.1) is 0 Å². The molecule has 4 nitrogen and oxygen atoms in total. The molecular formula is C15H23FN2O2. The van der Waals surface area contributed by atoms with Crippen LogP contribution in [0.15, 0.2) is 0 Å². The van der Waals surface area contributed by atoms with Gasteiger partial charge in [0.25, 0.3) is 5.91 Å². The standard InChI is InChI=1S/C15H23FN2O2/c16-15(4-1-5-15)14(19)17-7-12-9-20-10-13(8-17)18(12)6-11-2-3-11/h11-13H,1-10H2. The van der Waals surface area contributed by atoms with E-state index in [0.717, 1.165) is 18.9 Å². The molecule has 5 heteroatoms. The van der Waals surface area contributed by atoms with Gasteiger partial charge in [-0.25, -0.2) is 4.39 Å². The van der Waals surface area contributed by atoms with Gasteiger partial charge in [-0.3, -0.25) is 9.69 Å². The third-order valence-electron chi connectivity index (χ3n) is 5.40. The van der Waals surface area contributed by atoms with Gasteiger partial charge in [0.15, 0.2) is 5.67 Å². The Bertz CT molecular complexity index is 395. The van der Waals surface area contributed by atoms with Crippen molar-refractivity contribution >= 4 is 5.91 Å². The summed E-state index contributed by atoms with van der Waals surface area (Å²) in [6.45, 7) is 3.81. The molecule has 4 fully saturated rings. The van der Waals surface area contributed by atoms with Crippen molar-refractivity contribution in [1.82, 2.24) is 9.80 Å². The Balaban J connectivity index is 1.45. The monoisotopic (exact) mass is 282 g/mol. The van der Waals surface area contributed by atoms with Gasteiger partial charge in [0, 0.05) is 19.6 Å². The number of hydrogen-bond acceptors (Lipinski definition) is 3. The van der Waals surface area contributed by atoms with E-state index in [1.807, 2.05) is 0 Å². The lowest BCUT2D eigenvalue weighted by Gasteiger charge is -2.51. The molecule has 4 aliphatic rings. The van der Waals surface area contributed by atoms with Crippen molar-refractivity contribution in [2.24, 2.45) is 5.92 Å². The topological polar surface area (TPSA) is 32.8 Å². The van der Waals surface area contributed by atoms with E-state index in [0.29, 0.717) is 39.1 Å². The van der Waals surface area contributed by atoms with Gasteiger partial charge in [-0.1, -0.05) is 0 Å². The Morgan fingerprint density at radius 1 is 1.20 bits per heavy atom. The molecular weight excluding hydrogens is 259 g/mol. The highest BCUT2D eigenvalue weighted by Crippen LogP contribution is 2.39. The smallest absolute Gasteiger partial charge is 0.260 e. The van der Waals surface area contributed by atoms with Gasteiger partial charge in [0.2, 0.25) is 0 Å². The fourth-order valence-electron chi connectivity index (χ4n) is 3.78. The Morgan fingerprint density at radius 2 is 1.85 bits per heavy atom. The van der Waals surface area contributed by atoms with E-state index in [2.05, 4.69) is 4.90 Å². The van der Waals surface area contributed by atoms with E-state index in [4.69, 9.17) is 4.74 Å². The predicted octanol–water partition coefficient (Wildman–Crippen LogP) is 1.20. The summed E-state index contributed by atoms with van der Waals surface area (Å²) in [7, 11) is 0. The molecule has 4 rings (SSSR count). The maximum Gasteiger partial charge on any atom is 0.260 e. The number of alkyl halides is 1. The number of ether oxygens (including phenoxy) is 1. The first-order valence-corrected chi connectivity index (χ1v) is 7.97. The van der Waals surface area contributed by atoms with Crippen LogP contribution in [-0.2, 0) is 9.53 Å². The van der Waals surface area contributed by atoms with Gasteiger partial charge in [-0.05, 0) is 38.0 Å². The number of halogens is 1. The van der Waals surface area contributed by atoms with Crippen molar-refractivity contribution in [3.8, 4) is 0 Å². The minimum atomic E-state index is -1.55. The maximum atomic E-state index is 14.3. The third-order valence-corrected chi connectivity index (χ3v) is 5.40. The largest absolute Gasteiger partial charge is 0.378 e.